The summed E-state index contributed by atoms with van der Waals surface area (Å²) in [6, 6.07) is 1.48. The molecule has 0 unspecified atom stereocenters. The van der Waals surface area contributed by atoms with Crippen LogP contribution in [0, 0.1) is 0 Å². The summed E-state index contributed by atoms with van der Waals surface area (Å²) < 4.78 is 24.1. The van der Waals surface area contributed by atoms with E-state index in [9.17, 15) is 13.2 Å². The quantitative estimate of drug-likeness (QED) is 0.702. The summed E-state index contributed by atoms with van der Waals surface area (Å²) in [5, 5.41) is 1.62. The minimum absolute atomic E-state index is 0.157. The number of sulfonamides is 1. The van der Waals surface area contributed by atoms with Crippen LogP contribution in [0.3, 0.4) is 0 Å². The van der Waals surface area contributed by atoms with Gasteiger partial charge in [-0.15, -0.1) is 11.3 Å². The minimum atomic E-state index is -3.51. The lowest BCUT2D eigenvalue weighted by atomic mass is 10.4. The molecule has 4 nitrogen and oxygen atoms in total. The summed E-state index contributed by atoms with van der Waals surface area (Å²) in [6.07, 6.45) is 0. The van der Waals surface area contributed by atoms with Crippen LogP contribution < -0.4 is 0 Å². The van der Waals surface area contributed by atoms with Gasteiger partial charge in [0.15, 0.2) is 0 Å². The van der Waals surface area contributed by atoms with Gasteiger partial charge in [0.05, 0.1) is 0 Å². The van der Waals surface area contributed by atoms with Crippen LogP contribution in [-0.4, -0.2) is 25.2 Å². The first-order valence-electron chi connectivity index (χ1n) is 3.73. The van der Waals surface area contributed by atoms with Crippen LogP contribution in [0.25, 0.3) is 0 Å². The molecule has 1 aromatic heterocycles. The van der Waals surface area contributed by atoms with Crippen LogP contribution in [0.1, 0.15) is 16.6 Å². The first-order chi connectivity index (χ1) is 6.09. The number of rotatable bonds is 1. The van der Waals surface area contributed by atoms with E-state index in [1.54, 1.807) is 12.3 Å². The molecule has 0 aromatic carbocycles. The molecule has 0 N–H and O–H groups in total. The van der Waals surface area contributed by atoms with Crippen molar-refractivity contribution in [3.8, 4) is 0 Å². The van der Waals surface area contributed by atoms with Crippen molar-refractivity contribution in [2.45, 2.75) is 11.8 Å². The Balaban J connectivity index is 2.71. The second kappa shape index (κ2) is 2.55. The predicted molar refractivity (Wildman–Crippen MR) is 48.2 cm³/mol. The zero-order valence-electron chi connectivity index (χ0n) is 6.85. The molecule has 0 fully saturated rings. The summed E-state index contributed by atoms with van der Waals surface area (Å²) in [5.74, 6) is -0.396. The second-order valence-electron chi connectivity index (χ2n) is 2.59. The molecule has 6 heteroatoms. The van der Waals surface area contributed by atoms with Crippen molar-refractivity contribution in [1.82, 2.24) is 4.31 Å². The van der Waals surface area contributed by atoms with Crippen LogP contribution in [0.2, 0.25) is 0 Å². The van der Waals surface area contributed by atoms with Gasteiger partial charge in [-0.1, -0.05) is 0 Å². The van der Waals surface area contributed by atoms with E-state index in [0.29, 0.717) is 4.88 Å². The number of hydrogen-bond acceptors (Lipinski definition) is 4. The van der Waals surface area contributed by atoms with Crippen molar-refractivity contribution in [2.75, 3.05) is 6.54 Å². The van der Waals surface area contributed by atoms with E-state index in [-0.39, 0.29) is 11.4 Å². The minimum Gasteiger partial charge on any atom is -0.267 e. The Bertz CT molecular complexity index is 460. The van der Waals surface area contributed by atoms with Crippen molar-refractivity contribution < 1.29 is 13.2 Å². The average Bonchev–Trinajstić information content (AvgIpc) is 2.57. The normalized spacial score (nSPS) is 19.2. The number of hydrogen-bond donors (Lipinski definition) is 0. The monoisotopic (exact) mass is 217 g/mol. The molecule has 0 saturated heterocycles. The van der Waals surface area contributed by atoms with Gasteiger partial charge in [0, 0.05) is 6.54 Å². The lowest BCUT2D eigenvalue weighted by molar-refractivity contribution is 0.0880. The van der Waals surface area contributed by atoms with Crippen molar-refractivity contribution in [3.05, 3.63) is 16.3 Å². The van der Waals surface area contributed by atoms with Gasteiger partial charge in [0.1, 0.15) is 9.77 Å². The Labute approximate surface area is 79.8 Å². The highest BCUT2D eigenvalue weighted by atomic mass is 32.2. The molecule has 2 rings (SSSR count). The molecule has 0 spiro atoms. The molecule has 0 aliphatic carbocycles. The summed E-state index contributed by atoms with van der Waals surface area (Å²) in [4.78, 5) is 12.0. The number of carbonyl (C=O) groups excluding carboxylic acids is 1. The molecule has 1 amide bonds. The third-order valence-electron chi connectivity index (χ3n) is 1.91. The van der Waals surface area contributed by atoms with Crippen LogP contribution in [0.5, 0.6) is 0 Å². The predicted octanol–water partition coefficient (Wildman–Crippen LogP) is 0.913. The first-order valence-corrected chi connectivity index (χ1v) is 6.05. The molecule has 1 aliphatic rings. The molecule has 0 bridgehead atoms. The van der Waals surface area contributed by atoms with Crippen LogP contribution in [0.15, 0.2) is 16.3 Å². The van der Waals surface area contributed by atoms with E-state index in [2.05, 4.69) is 0 Å². The third-order valence-corrected chi connectivity index (χ3v) is 4.84. The standard InChI is InChI=1S/C7H7NO3S2/c1-2-8-7(9)6-5(3-4-12-6)13(8,10)11/h3-4H,2H2,1H3. The number of carbonyl (C=O) groups is 1. The van der Waals surface area contributed by atoms with Gasteiger partial charge in [-0.2, -0.15) is 0 Å². The molecule has 70 valence electrons. The fourth-order valence-electron chi connectivity index (χ4n) is 1.31. The molecule has 1 aliphatic heterocycles. The lowest BCUT2D eigenvalue weighted by Crippen LogP contribution is -2.29. The molecule has 0 saturated carbocycles. The smallest absolute Gasteiger partial charge is 0.267 e. The molecule has 1 aromatic rings. The van der Waals surface area contributed by atoms with Gasteiger partial charge in [0.2, 0.25) is 0 Å². The number of amides is 1. The zero-order valence-corrected chi connectivity index (χ0v) is 8.48. The topological polar surface area (TPSA) is 54.5 Å². The molecular weight excluding hydrogens is 210 g/mol. The number of fused-ring (bicyclic) bond motifs is 1. The molecular formula is C7H7NO3S2. The maximum absolute atomic E-state index is 11.6. The zero-order chi connectivity index (χ0) is 9.64. The van der Waals surface area contributed by atoms with Gasteiger partial charge in [-0.25, -0.2) is 12.7 Å². The Morgan fingerprint density at radius 2 is 2.23 bits per heavy atom. The van der Waals surface area contributed by atoms with E-state index < -0.39 is 15.9 Å². The molecule has 13 heavy (non-hydrogen) atoms. The maximum Gasteiger partial charge on any atom is 0.279 e. The van der Waals surface area contributed by atoms with Gasteiger partial charge in [-0.05, 0) is 18.4 Å². The molecule has 0 atom stereocenters. The highest BCUT2D eigenvalue weighted by Crippen LogP contribution is 2.33. The van der Waals surface area contributed by atoms with Crippen molar-refractivity contribution >= 4 is 27.3 Å². The molecule has 2 heterocycles. The van der Waals surface area contributed by atoms with Gasteiger partial charge >= 0.3 is 0 Å². The summed E-state index contributed by atoms with van der Waals surface area (Å²) in [5.41, 5.74) is 0. The maximum atomic E-state index is 11.6. The first kappa shape index (κ1) is 8.71. The van der Waals surface area contributed by atoms with Crippen molar-refractivity contribution in [3.63, 3.8) is 0 Å². The second-order valence-corrected chi connectivity index (χ2v) is 5.34. The Morgan fingerprint density at radius 1 is 1.54 bits per heavy atom. The van der Waals surface area contributed by atoms with E-state index in [4.69, 9.17) is 0 Å². The third kappa shape index (κ3) is 0.955. The number of thiophene rings is 1. The van der Waals surface area contributed by atoms with Crippen LogP contribution in [0.4, 0.5) is 0 Å². The van der Waals surface area contributed by atoms with E-state index in [1.807, 2.05) is 0 Å². The van der Waals surface area contributed by atoms with Crippen LogP contribution in [-0.2, 0) is 10.0 Å². The Kier molecular flexibility index (Phi) is 1.71. The SMILES string of the molecule is CCN1C(=O)c2sccc2S1(=O)=O. The van der Waals surface area contributed by atoms with E-state index >= 15 is 0 Å². The summed E-state index contributed by atoms with van der Waals surface area (Å²) in [7, 11) is -3.51. The van der Waals surface area contributed by atoms with Crippen molar-refractivity contribution in [1.29, 1.82) is 0 Å². The Hall–Kier alpha value is -0.880. The fourth-order valence-corrected chi connectivity index (χ4v) is 4.10. The average molecular weight is 217 g/mol. The summed E-state index contributed by atoms with van der Waals surface area (Å²) in [6.45, 7) is 1.84. The van der Waals surface area contributed by atoms with Gasteiger partial charge < -0.3 is 0 Å². The van der Waals surface area contributed by atoms with E-state index in [1.165, 1.54) is 17.4 Å². The Morgan fingerprint density at radius 3 is 2.77 bits per heavy atom. The summed E-state index contributed by atoms with van der Waals surface area (Å²) >= 11 is 1.17. The fraction of sp³-hybridized carbons (Fsp3) is 0.286. The van der Waals surface area contributed by atoms with Crippen LogP contribution >= 0.6 is 11.3 Å². The lowest BCUT2D eigenvalue weighted by Gasteiger charge is -2.10. The van der Waals surface area contributed by atoms with E-state index in [0.717, 1.165) is 4.31 Å². The molecule has 0 radical (unpaired) electrons. The van der Waals surface area contributed by atoms with Gasteiger partial charge in [0.25, 0.3) is 15.9 Å². The number of nitrogens with zero attached hydrogens (tertiary/aromatic N) is 1. The highest BCUT2D eigenvalue weighted by molar-refractivity contribution is 7.90. The van der Waals surface area contributed by atoms with Crippen molar-refractivity contribution in [2.24, 2.45) is 0 Å². The highest BCUT2D eigenvalue weighted by Gasteiger charge is 2.41. The van der Waals surface area contributed by atoms with Gasteiger partial charge in [-0.3, -0.25) is 4.79 Å². The largest absolute Gasteiger partial charge is 0.279 e.